The van der Waals surface area contributed by atoms with Crippen LogP contribution in [0.3, 0.4) is 0 Å². The summed E-state index contributed by atoms with van der Waals surface area (Å²) < 4.78 is 10.3. The van der Waals surface area contributed by atoms with Crippen molar-refractivity contribution in [2.24, 2.45) is 0 Å². The Balaban J connectivity index is 2.19. The summed E-state index contributed by atoms with van der Waals surface area (Å²) in [7, 11) is 0. The van der Waals surface area contributed by atoms with E-state index in [2.05, 4.69) is 20.3 Å². The lowest BCUT2D eigenvalue weighted by molar-refractivity contribution is 0.354. The number of aromatic nitrogens is 4. The van der Waals surface area contributed by atoms with Crippen molar-refractivity contribution in [3.63, 3.8) is 0 Å². The Morgan fingerprint density at radius 1 is 1.12 bits per heavy atom. The second-order valence-corrected chi connectivity index (χ2v) is 4.41. The first kappa shape index (κ1) is 10.8. The maximum Gasteiger partial charge on any atom is 0.223 e. The molecule has 0 amide bonds. The van der Waals surface area contributed by atoms with E-state index in [9.17, 15) is 0 Å². The molecule has 0 aliphatic carbocycles. The lowest BCUT2D eigenvalue weighted by atomic mass is 9.88. The predicted octanol–water partition coefficient (Wildman–Crippen LogP) is 1.59. The predicted molar refractivity (Wildman–Crippen MR) is 54.8 cm³/mol. The van der Waals surface area contributed by atoms with Crippen LogP contribution in [0.2, 0.25) is 0 Å². The van der Waals surface area contributed by atoms with Gasteiger partial charge in [0.25, 0.3) is 0 Å². The van der Waals surface area contributed by atoms with Crippen LogP contribution in [-0.4, -0.2) is 20.3 Å². The summed E-state index contributed by atoms with van der Waals surface area (Å²) in [5, 5.41) is 11.7. The summed E-state index contributed by atoms with van der Waals surface area (Å²) in [4.78, 5) is 4.22. The molecule has 0 aromatic carbocycles. The van der Waals surface area contributed by atoms with Crippen molar-refractivity contribution < 1.29 is 8.94 Å². The van der Waals surface area contributed by atoms with Gasteiger partial charge in [-0.25, -0.2) is 0 Å². The van der Waals surface area contributed by atoms with Crippen molar-refractivity contribution in [2.75, 3.05) is 0 Å². The normalized spacial score (nSPS) is 12.0. The van der Waals surface area contributed by atoms with Gasteiger partial charge in [0.2, 0.25) is 17.7 Å². The minimum atomic E-state index is -0.281. The van der Waals surface area contributed by atoms with Crippen molar-refractivity contribution in [3.8, 4) is 0 Å². The average molecular weight is 222 g/mol. The Morgan fingerprint density at radius 2 is 1.88 bits per heavy atom. The van der Waals surface area contributed by atoms with E-state index in [1.165, 1.54) is 0 Å². The summed E-state index contributed by atoms with van der Waals surface area (Å²) in [6.07, 6.45) is 0.590. The zero-order chi connectivity index (χ0) is 11.8. The molecular formula is C10H14N4O2. The molecule has 0 aliphatic heterocycles. The van der Waals surface area contributed by atoms with Gasteiger partial charge in [-0.15, -0.1) is 10.2 Å². The molecule has 0 spiro atoms. The third-order valence-corrected chi connectivity index (χ3v) is 2.29. The van der Waals surface area contributed by atoms with E-state index < -0.39 is 0 Å². The standard InChI is InChI=1S/C10H14N4O2/c1-6-11-9(14-16-6)10(3,4)5-8-13-12-7(2)15-8/h5H2,1-4H3. The van der Waals surface area contributed by atoms with Gasteiger partial charge in [0.1, 0.15) is 0 Å². The minimum absolute atomic E-state index is 0.281. The fourth-order valence-electron chi connectivity index (χ4n) is 1.44. The van der Waals surface area contributed by atoms with Crippen LogP contribution in [0.5, 0.6) is 0 Å². The number of nitrogens with zero attached hydrogens (tertiary/aromatic N) is 4. The van der Waals surface area contributed by atoms with Crippen LogP contribution >= 0.6 is 0 Å². The van der Waals surface area contributed by atoms with Crippen LogP contribution in [0.15, 0.2) is 8.94 Å². The number of hydrogen-bond donors (Lipinski definition) is 0. The Bertz CT molecular complexity index is 486. The lowest BCUT2D eigenvalue weighted by Gasteiger charge is -2.17. The van der Waals surface area contributed by atoms with Gasteiger partial charge >= 0.3 is 0 Å². The van der Waals surface area contributed by atoms with E-state index in [0.717, 1.165) is 0 Å². The Kier molecular flexibility index (Phi) is 2.49. The molecule has 16 heavy (non-hydrogen) atoms. The van der Waals surface area contributed by atoms with Gasteiger partial charge in [-0.1, -0.05) is 19.0 Å². The molecule has 0 N–H and O–H groups in total. The van der Waals surface area contributed by atoms with Gasteiger partial charge in [0.15, 0.2) is 5.82 Å². The van der Waals surface area contributed by atoms with Gasteiger partial charge in [0.05, 0.1) is 0 Å². The highest BCUT2D eigenvalue weighted by molar-refractivity contribution is 5.05. The van der Waals surface area contributed by atoms with Crippen molar-refractivity contribution >= 4 is 0 Å². The molecule has 0 bridgehead atoms. The van der Waals surface area contributed by atoms with Crippen LogP contribution in [0.4, 0.5) is 0 Å². The maximum atomic E-state index is 5.34. The van der Waals surface area contributed by atoms with Crippen molar-refractivity contribution in [3.05, 3.63) is 23.5 Å². The molecule has 86 valence electrons. The molecule has 0 saturated heterocycles. The quantitative estimate of drug-likeness (QED) is 0.784. The van der Waals surface area contributed by atoms with Crippen molar-refractivity contribution in [1.82, 2.24) is 20.3 Å². The molecular weight excluding hydrogens is 208 g/mol. The van der Waals surface area contributed by atoms with Crippen LogP contribution in [-0.2, 0) is 11.8 Å². The third kappa shape index (κ3) is 2.10. The number of aryl methyl sites for hydroxylation is 2. The molecule has 0 radical (unpaired) electrons. The summed E-state index contributed by atoms with van der Waals surface area (Å²) in [5.74, 6) is 2.37. The van der Waals surface area contributed by atoms with E-state index in [-0.39, 0.29) is 5.41 Å². The first-order chi connectivity index (χ1) is 7.47. The third-order valence-electron chi connectivity index (χ3n) is 2.29. The zero-order valence-corrected chi connectivity index (χ0v) is 9.81. The second kappa shape index (κ2) is 3.70. The minimum Gasteiger partial charge on any atom is -0.426 e. The Morgan fingerprint density at radius 3 is 2.38 bits per heavy atom. The SMILES string of the molecule is Cc1nc(C(C)(C)Cc2nnc(C)o2)no1. The molecule has 2 rings (SSSR count). The fourth-order valence-corrected chi connectivity index (χ4v) is 1.44. The van der Waals surface area contributed by atoms with E-state index >= 15 is 0 Å². The molecule has 0 fully saturated rings. The Hall–Kier alpha value is -1.72. The first-order valence-corrected chi connectivity index (χ1v) is 5.07. The van der Waals surface area contributed by atoms with Gasteiger partial charge < -0.3 is 8.94 Å². The lowest BCUT2D eigenvalue weighted by Crippen LogP contribution is -2.22. The van der Waals surface area contributed by atoms with Crippen LogP contribution in [0.25, 0.3) is 0 Å². The Labute approximate surface area is 93.1 Å². The monoisotopic (exact) mass is 222 g/mol. The second-order valence-electron chi connectivity index (χ2n) is 4.41. The largest absolute Gasteiger partial charge is 0.426 e. The van der Waals surface area contributed by atoms with Gasteiger partial charge in [-0.2, -0.15) is 4.98 Å². The van der Waals surface area contributed by atoms with Gasteiger partial charge in [-0.3, -0.25) is 0 Å². The fraction of sp³-hybridized carbons (Fsp3) is 0.600. The highest BCUT2D eigenvalue weighted by atomic mass is 16.5. The molecule has 2 aromatic rings. The van der Waals surface area contributed by atoms with E-state index in [1.54, 1.807) is 13.8 Å². The van der Waals surface area contributed by atoms with Crippen LogP contribution in [0.1, 0.15) is 37.3 Å². The molecule has 6 nitrogen and oxygen atoms in total. The molecule has 0 aliphatic rings. The highest BCUT2D eigenvalue weighted by Gasteiger charge is 2.29. The average Bonchev–Trinajstić information content (AvgIpc) is 2.75. The zero-order valence-electron chi connectivity index (χ0n) is 9.81. The molecule has 6 heteroatoms. The van der Waals surface area contributed by atoms with E-state index in [4.69, 9.17) is 8.94 Å². The summed E-state index contributed by atoms with van der Waals surface area (Å²) in [5.41, 5.74) is -0.281. The van der Waals surface area contributed by atoms with E-state index in [0.29, 0.717) is 29.9 Å². The molecule has 0 saturated carbocycles. The number of rotatable bonds is 3. The maximum absolute atomic E-state index is 5.34. The van der Waals surface area contributed by atoms with Crippen molar-refractivity contribution in [2.45, 2.75) is 39.5 Å². The van der Waals surface area contributed by atoms with Gasteiger partial charge in [-0.05, 0) is 0 Å². The van der Waals surface area contributed by atoms with E-state index in [1.807, 2.05) is 13.8 Å². The smallest absolute Gasteiger partial charge is 0.223 e. The summed E-state index contributed by atoms with van der Waals surface area (Å²) in [6, 6.07) is 0. The topological polar surface area (TPSA) is 77.8 Å². The van der Waals surface area contributed by atoms with Crippen LogP contribution in [0, 0.1) is 13.8 Å². The van der Waals surface area contributed by atoms with Crippen LogP contribution < -0.4 is 0 Å². The summed E-state index contributed by atoms with van der Waals surface area (Å²) in [6.45, 7) is 7.55. The molecule has 2 aromatic heterocycles. The molecule has 0 atom stereocenters. The van der Waals surface area contributed by atoms with Gasteiger partial charge in [0, 0.05) is 25.7 Å². The first-order valence-electron chi connectivity index (χ1n) is 5.07. The highest BCUT2D eigenvalue weighted by Crippen LogP contribution is 2.24. The number of hydrogen-bond acceptors (Lipinski definition) is 6. The molecule has 0 unspecified atom stereocenters. The van der Waals surface area contributed by atoms with Crippen molar-refractivity contribution in [1.29, 1.82) is 0 Å². The molecule has 2 heterocycles. The summed E-state index contributed by atoms with van der Waals surface area (Å²) >= 11 is 0.